The Hall–Kier alpha value is -1.75. The lowest BCUT2D eigenvalue weighted by Crippen LogP contribution is -2.21. The third kappa shape index (κ3) is 1.80. The van der Waals surface area contributed by atoms with Gasteiger partial charge in [0.25, 0.3) is 5.91 Å². The first-order chi connectivity index (χ1) is 8.65. The van der Waals surface area contributed by atoms with Crippen molar-refractivity contribution in [3.05, 3.63) is 28.3 Å². The van der Waals surface area contributed by atoms with Crippen molar-refractivity contribution in [2.24, 2.45) is 0 Å². The van der Waals surface area contributed by atoms with Crippen molar-refractivity contribution < 1.29 is 19.1 Å². The molecule has 1 aromatic rings. The lowest BCUT2D eigenvalue weighted by atomic mass is 9.96. The molecule has 0 aliphatic carbocycles. The maximum absolute atomic E-state index is 11.6. The SMILES string of the molecule is O=C1NC(=O)C(c2cc(Cl)cc3c2CCCO3)O1. The number of amides is 2. The number of fused-ring (bicyclic) bond motifs is 1. The van der Waals surface area contributed by atoms with Crippen molar-refractivity contribution in [3.63, 3.8) is 0 Å². The van der Waals surface area contributed by atoms with Gasteiger partial charge >= 0.3 is 6.09 Å². The highest BCUT2D eigenvalue weighted by Gasteiger charge is 2.36. The summed E-state index contributed by atoms with van der Waals surface area (Å²) in [7, 11) is 0. The maximum Gasteiger partial charge on any atom is 0.415 e. The zero-order valence-corrected chi connectivity index (χ0v) is 10.1. The van der Waals surface area contributed by atoms with Gasteiger partial charge in [0.05, 0.1) is 6.61 Å². The van der Waals surface area contributed by atoms with E-state index in [2.05, 4.69) is 5.32 Å². The highest BCUT2D eigenvalue weighted by molar-refractivity contribution is 6.30. The first-order valence-corrected chi connectivity index (χ1v) is 5.99. The quantitative estimate of drug-likeness (QED) is 0.845. The lowest BCUT2D eigenvalue weighted by Gasteiger charge is -2.22. The van der Waals surface area contributed by atoms with Crippen LogP contribution in [0.15, 0.2) is 12.1 Å². The fourth-order valence-electron chi connectivity index (χ4n) is 2.25. The normalized spacial score (nSPS) is 21.9. The number of halogens is 1. The Balaban J connectivity index is 2.08. The fourth-order valence-corrected chi connectivity index (χ4v) is 2.47. The Labute approximate surface area is 108 Å². The number of nitrogens with one attached hydrogen (secondary N) is 1. The van der Waals surface area contributed by atoms with E-state index in [0.29, 0.717) is 22.9 Å². The minimum atomic E-state index is -0.924. The summed E-state index contributed by atoms with van der Waals surface area (Å²) in [5.74, 6) is 0.203. The number of rotatable bonds is 1. The molecule has 1 N–H and O–H groups in total. The van der Waals surface area contributed by atoms with Gasteiger partial charge in [0.15, 0.2) is 0 Å². The monoisotopic (exact) mass is 267 g/mol. The first-order valence-electron chi connectivity index (χ1n) is 5.62. The molecule has 2 aliphatic heterocycles. The minimum absolute atomic E-state index is 0.460. The van der Waals surface area contributed by atoms with E-state index in [0.717, 1.165) is 18.4 Å². The summed E-state index contributed by atoms with van der Waals surface area (Å²) in [5, 5.41) is 2.57. The van der Waals surface area contributed by atoms with Gasteiger partial charge in [-0.15, -0.1) is 0 Å². The molecule has 0 aromatic heterocycles. The number of benzene rings is 1. The highest BCUT2D eigenvalue weighted by atomic mass is 35.5. The largest absolute Gasteiger partial charge is 0.493 e. The van der Waals surface area contributed by atoms with E-state index >= 15 is 0 Å². The third-order valence-electron chi connectivity index (χ3n) is 3.01. The van der Waals surface area contributed by atoms with Crippen molar-refractivity contribution in [2.45, 2.75) is 18.9 Å². The molecule has 1 atom stereocenters. The van der Waals surface area contributed by atoms with Crippen LogP contribution < -0.4 is 10.1 Å². The second kappa shape index (κ2) is 4.17. The molecule has 94 valence electrons. The van der Waals surface area contributed by atoms with Crippen molar-refractivity contribution >= 4 is 23.6 Å². The number of carbonyl (C=O) groups is 2. The number of ether oxygens (including phenoxy) is 2. The number of cyclic esters (lactones) is 1. The van der Waals surface area contributed by atoms with Crippen LogP contribution in [0.25, 0.3) is 0 Å². The van der Waals surface area contributed by atoms with Gasteiger partial charge in [-0.1, -0.05) is 11.6 Å². The Morgan fingerprint density at radius 3 is 2.89 bits per heavy atom. The zero-order chi connectivity index (χ0) is 12.7. The molecule has 0 bridgehead atoms. The molecule has 0 spiro atoms. The first kappa shape index (κ1) is 11.3. The molecule has 18 heavy (non-hydrogen) atoms. The Bertz CT molecular complexity index is 543. The Kier molecular flexibility index (Phi) is 2.63. The highest BCUT2D eigenvalue weighted by Crippen LogP contribution is 2.36. The zero-order valence-electron chi connectivity index (χ0n) is 9.36. The van der Waals surface area contributed by atoms with E-state index < -0.39 is 18.1 Å². The second-order valence-corrected chi connectivity index (χ2v) is 4.63. The van der Waals surface area contributed by atoms with E-state index in [1.807, 2.05) is 0 Å². The van der Waals surface area contributed by atoms with Gasteiger partial charge in [-0.25, -0.2) is 4.79 Å². The summed E-state index contributed by atoms with van der Waals surface area (Å²) in [5.41, 5.74) is 1.50. The number of alkyl carbamates (subject to hydrolysis) is 1. The molecule has 0 radical (unpaired) electrons. The van der Waals surface area contributed by atoms with Crippen molar-refractivity contribution in [1.29, 1.82) is 0 Å². The number of hydrogen-bond donors (Lipinski definition) is 1. The smallest absolute Gasteiger partial charge is 0.415 e. The average Bonchev–Trinajstić information content (AvgIpc) is 2.67. The number of imide groups is 1. The van der Waals surface area contributed by atoms with E-state index in [9.17, 15) is 9.59 Å². The van der Waals surface area contributed by atoms with Crippen LogP contribution in [-0.4, -0.2) is 18.6 Å². The topological polar surface area (TPSA) is 64.6 Å². The molecule has 1 fully saturated rings. The van der Waals surface area contributed by atoms with Crippen molar-refractivity contribution in [3.8, 4) is 5.75 Å². The summed E-state index contributed by atoms with van der Waals surface area (Å²) in [6, 6.07) is 3.37. The average molecular weight is 268 g/mol. The molecule has 5 nitrogen and oxygen atoms in total. The van der Waals surface area contributed by atoms with Crippen LogP contribution in [0, 0.1) is 0 Å². The molecular weight excluding hydrogens is 258 g/mol. The maximum atomic E-state index is 11.6. The lowest BCUT2D eigenvalue weighted by molar-refractivity contribution is -0.123. The van der Waals surface area contributed by atoms with Gasteiger partial charge in [0, 0.05) is 16.1 Å². The van der Waals surface area contributed by atoms with Gasteiger partial charge < -0.3 is 9.47 Å². The predicted molar refractivity (Wildman–Crippen MR) is 62.6 cm³/mol. The Morgan fingerprint density at radius 2 is 2.17 bits per heavy atom. The van der Waals surface area contributed by atoms with Gasteiger partial charge in [-0.3, -0.25) is 10.1 Å². The standard InChI is InChI=1S/C12H10ClNO4/c13-6-4-8(10-11(15)14-12(16)18-10)7-2-1-3-17-9(7)5-6/h4-5,10H,1-3H2,(H,14,15,16). The molecule has 2 heterocycles. The molecule has 6 heteroatoms. The molecular formula is C12H10ClNO4. The van der Waals surface area contributed by atoms with Gasteiger partial charge in [0.2, 0.25) is 6.10 Å². The van der Waals surface area contributed by atoms with Gasteiger partial charge in [0.1, 0.15) is 5.75 Å². The van der Waals surface area contributed by atoms with Crippen LogP contribution in [0.3, 0.4) is 0 Å². The molecule has 2 amide bonds. The van der Waals surface area contributed by atoms with Crippen LogP contribution in [0.5, 0.6) is 5.75 Å². The minimum Gasteiger partial charge on any atom is -0.493 e. The summed E-state index contributed by atoms with van der Waals surface area (Å²) in [4.78, 5) is 22.7. The number of hydrogen-bond acceptors (Lipinski definition) is 4. The van der Waals surface area contributed by atoms with Crippen molar-refractivity contribution in [1.82, 2.24) is 5.32 Å². The van der Waals surface area contributed by atoms with E-state index in [1.165, 1.54) is 0 Å². The van der Waals surface area contributed by atoms with Crippen LogP contribution in [0.2, 0.25) is 5.02 Å². The summed E-state index contributed by atoms with van der Waals surface area (Å²) in [6.45, 7) is 0.628. The molecule has 0 saturated carbocycles. The second-order valence-electron chi connectivity index (χ2n) is 4.20. The van der Waals surface area contributed by atoms with Crippen molar-refractivity contribution in [2.75, 3.05) is 6.61 Å². The molecule has 1 unspecified atom stereocenters. The van der Waals surface area contributed by atoms with Crippen LogP contribution in [-0.2, 0) is 16.0 Å². The van der Waals surface area contributed by atoms with Gasteiger partial charge in [-0.2, -0.15) is 0 Å². The predicted octanol–water partition coefficient (Wildman–Crippen LogP) is 1.97. The molecule has 1 aromatic carbocycles. The summed E-state index contributed by atoms with van der Waals surface area (Å²) in [6.07, 6.45) is -0.00491. The number of carbonyl (C=O) groups excluding carboxylic acids is 2. The fraction of sp³-hybridized carbons (Fsp3) is 0.333. The molecule has 3 rings (SSSR count). The van der Waals surface area contributed by atoms with Crippen LogP contribution in [0.4, 0.5) is 4.79 Å². The van der Waals surface area contributed by atoms with Crippen LogP contribution in [0.1, 0.15) is 23.7 Å². The van der Waals surface area contributed by atoms with E-state index in [-0.39, 0.29) is 0 Å². The molecule has 2 aliphatic rings. The van der Waals surface area contributed by atoms with E-state index in [1.54, 1.807) is 12.1 Å². The van der Waals surface area contributed by atoms with Crippen LogP contribution >= 0.6 is 11.6 Å². The molecule has 1 saturated heterocycles. The summed E-state index contributed by atoms with van der Waals surface area (Å²) >= 11 is 5.99. The third-order valence-corrected chi connectivity index (χ3v) is 3.23. The summed E-state index contributed by atoms with van der Waals surface area (Å²) < 4.78 is 10.5. The Morgan fingerprint density at radius 1 is 1.33 bits per heavy atom. The van der Waals surface area contributed by atoms with Gasteiger partial charge in [-0.05, 0) is 25.0 Å². The van der Waals surface area contributed by atoms with E-state index in [4.69, 9.17) is 21.1 Å².